The molecule has 9 heteroatoms. The maximum atomic E-state index is 12.2. The van der Waals surface area contributed by atoms with Gasteiger partial charge in [-0.15, -0.1) is 12.4 Å². The number of esters is 1. The van der Waals surface area contributed by atoms with Gasteiger partial charge < -0.3 is 15.6 Å². The predicted octanol–water partition coefficient (Wildman–Crippen LogP) is 2.99. The zero-order chi connectivity index (χ0) is 14.6. The number of carbonyl (C=O) groups excluding carboxylic acids is 1. The first-order valence-corrected chi connectivity index (χ1v) is 5.95. The molecule has 20 heavy (non-hydrogen) atoms. The maximum absolute atomic E-state index is 12.2. The lowest BCUT2D eigenvalue weighted by Crippen LogP contribution is -2.16. The third kappa shape index (κ3) is 5.89. The Bertz CT molecular complexity index is 471. The van der Waals surface area contributed by atoms with E-state index < -0.39 is 17.5 Å². The number of phenolic OH excluding ortho intramolecular Hbond substituents is 1. The second-order valence-corrected chi connectivity index (χ2v) is 4.79. The van der Waals surface area contributed by atoms with Gasteiger partial charge in [-0.05, 0) is 30.0 Å². The van der Waals surface area contributed by atoms with Crippen molar-refractivity contribution in [2.75, 3.05) is 7.11 Å². The molecule has 1 aromatic carbocycles. The molecular formula is C11H13ClF3NO3S. The molecule has 0 amide bonds. The lowest BCUT2D eigenvalue weighted by molar-refractivity contribution is -0.141. The molecule has 1 atom stereocenters. The first-order valence-electron chi connectivity index (χ1n) is 5.14. The molecule has 1 rings (SSSR count). The van der Waals surface area contributed by atoms with Crippen LogP contribution in [0.1, 0.15) is 18.0 Å². The fourth-order valence-corrected chi connectivity index (χ4v) is 1.99. The van der Waals surface area contributed by atoms with Crippen molar-refractivity contribution in [3.8, 4) is 5.75 Å². The number of hydrogen-bond acceptors (Lipinski definition) is 5. The minimum absolute atomic E-state index is 0. The Balaban J connectivity index is 0.00000361. The zero-order valence-electron chi connectivity index (χ0n) is 10.3. The van der Waals surface area contributed by atoms with Crippen LogP contribution >= 0.6 is 24.2 Å². The van der Waals surface area contributed by atoms with E-state index >= 15 is 0 Å². The van der Waals surface area contributed by atoms with Gasteiger partial charge in [0.1, 0.15) is 5.75 Å². The Labute approximate surface area is 123 Å². The topological polar surface area (TPSA) is 72.5 Å². The summed E-state index contributed by atoms with van der Waals surface area (Å²) in [6.07, 6.45) is -0.232. The van der Waals surface area contributed by atoms with E-state index in [0.29, 0.717) is 0 Å². The average Bonchev–Trinajstić information content (AvgIpc) is 2.29. The van der Waals surface area contributed by atoms with Crippen LogP contribution in [0.15, 0.2) is 23.1 Å². The number of ether oxygens (including phenoxy) is 1. The van der Waals surface area contributed by atoms with Crippen molar-refractivity contribution in [2.24, 2.45) is 5.73 Å². The van der Waals surface area contributed by atoms with Gasteiger partial charge in [-0.3, -0.25) is 4.79 Å². The number of aromatic hydroxyl groups is 1. The summed E-state index contributed by atoms with van der Waals surface area (Å²) in [6, 6.07) is 2.42. The van der Waals surface area contributed by atoms with Crippen LogP contribution in [0.5, 0.6) is 5.75 Å². The van der Waals surface area contributed by atoms with E-state index in [1.807, 2.05) is 0 Å². The number of alkyl halides is 3. The van der Waals surface area contributed by atoms with Crippen molar-refractivity contribution in [3.05, 3.63) is 23.8 Å². The standard InChI is InChI=1S/C11H12F3NO3S.ClH/c1-18-10(17)5-8(15)7-4-6(2-3-9(7)16)19-11(12,13)14;/h2-4,8,16H,5,15H2,1H3;1H/t8-;/m0./s1. The second kappa shape index (κ2) is 7.61. The fourth-order valence-electron chi connectivity index (χ4n) is 1.40. The molecule has 0 fully saturated rings. The summed E-state index contributed by atoms with van der Waals surface area (Å²) in [4.78, 5) is 10.9. The molecule has 0 radical (unpaired) electrons. The van der Waals surface area contributed by atoms with E-state index in [1.165, 1.54) is 7.11 Å². The molecule has 3 N–H and O–H groups in total. The van der Waals surface area contributed by atoms with Crippen molar-refractivity contribution in [1.29, 1.82) is 0 Å². The summed E-state index contributed by atoms with van der Waals surface area (Å²) >= 11 is -0.317. The van der Waals surface area contributed by atoms with Gasteiger partial charge in [-0.25, -0.2) is 0 Å². The van der Waals surface area contributed by atoms with Gasteiger partial charge in [-0.1, -0.05) is 0 Å². The van der Waals surface area contributed by atoms with Crippen molar-refractivity contribution in [3.63, 3.8) is 0 Å². The summed E-state index contributed by atoms with van der Waals surface area (Å²) in [5.41, 5.74) is 1.29. The molecule has 0 aliphatic carbocycles. The summed E-state index contributed by atoms with van der Waals surface area (Å²) in [6.45, 7) is 0. The summed E-state index contributed by atoms with van der Waals surface area (Å²) in [5.74, 6) is -0.872. The number of carbonyl (C=O) groups is 1. The number of benzene rings is 1. The van der Waals surface area contributed by atoms with E-state index in [0.717, 1.165) is 18.2 Å². The maximum Gasteiger partial charge on any atom is 0.446 e. The molecule has 0 aliphatic rings. The van der Waals surface area contributed by atoms with Crippen LogP contribution in [0.2, 0.25) is 0 Å². The Kier molecular flexibility index (Phi) is 7.18. The van der Waals surface area contributed by atoms with Gasteiger partial charge in [0, 0.05) is 16.5 Å². The Hall–Kier alpha value is -1.12. The second-order valence-electron chi connectivity index (χ2n) is 3.66. The number of rotatable bonds is 4. The first kappa shape index (κ1) is 18.9. The summed E-state index contributed by atoms with van der Waals surface area (Å²) < 4.78 is 41.1. The SMILES string of the molecule is COC(=O)C[C@H](N)c1cc(SC(F)(F)F)ccc1O.Cl. The molecule has 0 aliphatic heterocycles. The number of methoxy groups -OCH3 is 1. The molecule has 0 heterocycles. The highest BCUT2D eigenvalue weighted by atomic mass is 35.5. The Morgan fingerprint density at radius 3 is 2.60 bits per heavy atom. The average molecular weight is 332 g/mol. The lowest BCUT2D eigenvalue weighted by atomic mass is 10.0. The van der Waals surface area contributed by atoms with Gasteiger partial charge in [0.2, 0.25) is 0 Å². The van der Waals surface area contributed by atoms with E-state index in [1.54, 1.807) is 0 Å². The third-order valence-electron chi connectivity index (χ3n) is 2.25. The van der Waals surface area contributed by atoms with E-state index in [-0.39, 0.29) is 46.8 Å². The Morgan fingerprint density at radius 1 is 1.50 bits per heavy atom. The highest BCUT2D eigenvalue weighted by molar-refractivity contribution is 8.00. The third-order valence-corrected chi connectivity index (χ3v) is 2.97. The Morgan fingerprint density at radius 2 is 2.10 bits per heavy atom. The molecule has 114 valence electrons. The van der Waals surface area contributed by atoms with Gasteiger partial charge in [0.15, 0.2) is 0 Å². The molecule has 4 nitrogen and oxygen atoms in total. The zero-order valence-corrected chi connectivity index (χ0v) is 11.9. The van der Waals surface area contributed by atoms with Crippen LogP contribution in [0.3, 0.4) is 0 Å². The lowest BCUT2D eigenvalue weighted by Gasteiger charge is -2.14. The van der Waals surface area contributed by atoms with Crippen molar-refractivity contribution >= 4 is 30.1 Å². The van der Waals surface area contributed by atoms with Crippen LogP contribution in [0, 0.1) is 0 Å². The monoisotopic (exact) mass is 331 g/mol. The van der Waals surface area contributed by atoms with Gasteiger partial charge in [0.05, 0.1) is 13.5 Å². The molecule has 0 spiro atoms. The molecule has 0 unspecified atom stereocenters. The number of halogens is 4. The minimum atomic E-state index is -4.43. The number of nitrogens with two attached hydrogens (primary N) is 1. The molecule has 0 aromatic heterocycles. The van der Waals surface area contributed by atoms with Gasteiger partial charge in [-0.2, -0.15) is 13.2 Å². The van der Waals surface area contributed by atoms with Gasteiger partial charge in [0.25, 0.3) is 0 Å². The van der Waals surface area contributed by atoms with Crippen molar-refractivity contribution < 1.29 is 27.8 Å². The molecule has 0 saturated carbocycles. The smallest absolute Gasteiger partial charge is 0.446 e. The minimum Gasteiger partial charge on any atom is -0.508 e. The van der Waals surface area contributed by atoms with Crippen LogP contribution < -0.4 is 5.73 Å². The highest BCUT2D eigenvalue weighted by Crippen LogP contribution is 2.39. The predicted molar refractivity (Wildman–Crippen MR) is 70.8 cm³/mol. The molecular weight excluding hydrogens is 319 g/mol. The van der Waals surface area contributed by atoms with Gasteiger partial charge >= 0.3 is 11.5 Å². The van der Waals surface area contributed by atoms with Crippen LogP contribution in [-0.4, -0.2) is 23.7 Å². The molecule has 0 bridgehead atoms. The fraction of sp³-hybridized carbons (Fsp3) is 0.364. The van der Waals surface area contributed by atoms with Crippen LogP contribution in [-0.2, 0) is 9.53 Å². The summed E-state index contributed by atoms with van der Waals surface area (Å²) in [7, 11) is 1.17. The number of hydrogen-bond donors (Lipinski definition) is 2. The van der Waals surface area contributed by atoms with Crippen LogP contribution in [0.4, 0.5) is 13.2 Å². The van der Waals surface area contributed by atoms with Crippen molar-refractivity contribution in [2.45, 2.75) is 22.9 Å². The first-order chi connectivity index (χ1) is 8.73. The van der Waals surface area contributed by atoms with Crippen molar-refractivity contribution in [1.82, 2.24) is 0 Å². The molecule has 0 saturated heterocycles. The van der Waals surface area contributed by atoms with E-state index in [4.69, 9.17) is 5.73 Å². The largest absolute Gasteiger partial charge is 0.508 e. The van der Waals surface area contributed by atoms with E-state index in [9.17, 15) is 23.1 Å². The quantitative estimate of drug-likeness (QED) is 0.655. The summed E-state index contributed by atoms with van der Waals surface area (Å²) in [5, 5.41) is 9.57. The number of phenols is 1. The normalized spacial score (nSPS) is 12.4. The highest BCUT2D eigenvalue weighted by Gasteiger charge is 2.29. The molecule has 1 aromatic rings. The van der Waals surface area contributed by atoms with E-state index in [2.05, 4.69) is 4.74 Å². The van der Waals surface area contributed by atoms with Crippen LogP contribution in [0.25, 0.3) is 0 Å². The number of thioether (sulfide) groups is 1.